The van der Waals surface area contributed by atoms with Gasteiger partial charge >= 0.3 is 12.0 Å². The number of aromatic nitrogens is 2. The van der Waals surface area contributed by atoms with E-state index in [1.54, 1.807) is 4.90 Å². The first-order valence-electron chi connectivity index (χ1n) is 10.2. The fourth-order valence-corrected chi connectivity index (χ4v) is 3.77. The lowest BCUT2D eigenvalue weighted by atomic mass is 9.99. The number of carbonyl (C=O) groups excluding carboxylic acids is 1. The van der Waals surface area contributed by atoms with Crippen molar-refractivity contribution in [2.24, 2.45) is 0 Å². The summed E-state index contributed by atoms with van der Waals surface area (Å²) in [5, 5.41) is 3.19. The van der Waals surface area contributed by atoms with Crippen LogP contribution in [0.3, 0.4) is 0 Å². The van der Waals surface area contributed by atoms with Gasteiger partial charge in [0.15, 0.2) is 0 Å². The molecule has 0 unspecified atom stereocenters. The number of ether oxygens (including phenoxy) is 1. The summed E-state index contributed by atoms with van der Waals surface area (Å²) in [7, 11) is 0. The van der Waals surface area contributed by atoms with Crippen molar-refractivity contribution in [3.8, 4) is 6.01 Å². The van der Waals surface area contributed by atoms with E-state index in [4.69, 9.17) is 4.74 Å². The molecule has 6 nitrogen and oxygen atoms in total. The Labute approximate surface area is 176 Å². The molecule has 2 amide bonds. The summed E-state index contributed by atoms with van der Waals surface area (Å²) in [6.07, 6.45) is 0.648. The highest BCUT2D eigenvalue weighted by molar-refractivity contribution is 5.75. The minimum absolute atomic E-state index is 0.0971. The van der Waals surface area contributed by atoms with Crippen LogP contribution in [-0.4, -0.2) is 40.1 Å². The lowest BCUT2D eigenvalue weighted by Gasteiger charge is -2.24. The van der Waals surface area contributed by atoms with Gasteiger partial charge in [-0.3, -0.25) is 0 Å². The molecule has 0 spiro atoms. The molecule has 1 aliphatic heterocycles. The van der Waals surface area contributed by atoms with E-state index in [0.717, 1.165) is 28.9 Å². The SMILES string of the molecule is Cc1cc(C)nc(O[C@@H]2CCN(C(=O)NC(c3ccccc3)c3ccccc3)C2)n1. The Hall–Kier alpha value is -3.41. The van der Waals surface area contributed by atoms with Crippen molar-refractivity contribution in [3.63, 3.8) is 0 Å². The molecule has 4 rings (SSSR count). The van der Waals surface area contributed by atoms with Crippen molar-refractivity contribution in [1.82, 2.24) is 20.2 Å². The van der Waals surface area contributed by atoms with E-state index in [1.165, 1.54) is 0 Å². The molecule has 0 radical (unpaired) electrons. The molecule has 6 heteroatoms. The number of nitrogens with zero attached hydrogens (tertiary/aromatic N) is 3. The number of likely N-dealkylation sites (tertiary alicyclic amines) is 1. The number of rotatable bonds is 5. The van der Waals surface area contributed by atoms with Crippen LogP contribution in [0, 0.1) is 13.8 Å². The lowest BCUT2D eigenvalue weighted by molar-refractivity contribution is 0.177. The molecule has 154 valence electrons. The van der Waals surface area contributed by atoms with Gasteiger partial charge in [-0.2, -0.15) is 0 Å². The molecule has 0 saturated carbocycles. The van der Waals surface area contributed by atoms with E-state index < -0.39 is 0 Å². The van der Waals surface area contributed by atoms with Crippen molar-refractivity contribution in [2.75, 3.05) is 13.1 Å². The molecule has 1 aliphatic rings. The summed E-state index contributed by atoms with van der Waals surface area (Å²) >= 11 is 0. The molecule has 1 atom stereocenters. The molecular formula is C24H26N4O2. The number of hydrogen-bond acceptors (Lipinski definition) is 4. The highest BCUT2D eigenvalue weighted by atomic mass is 16.5. The number of amides is 2. The summed E-state index contributed by atoms with van der Waals surface area (Å²) in [6, 6.07) is 22.0. The smallest absolute Gasteiger partial charge is 0.318 e. The van der Waals surface area contributed by atoms with Gasteiger partial charge < -0.3 is 15.0 Å². The molecule has 2 heterocycles. The van der Waals surface area contributed by atoms with Gasteiger partial charge in [-0.15, -0.1) is 0 Å². The summed E-state index contributed by atoms with van der Waals surface area (Å²) in [6.45, 7) is 4.99. The average molecular weight is 402 g/mol. The summed E-state index contributed by atoms with van der Waals surface area (Å²) in [5.74, 6) is 0. The zero-order valence-electron chi connectivity index (χ0n) is 17.3. The van der Waals surface area contributed by atoms with Gasteiger partial charge in [0.25, 0.3) is 0 Å². The third-order valence-electron chi connectivity index (χ3n) is 5.20. The first kappa shape index (κ1) is 19.9. The van der Waals surface area contributed by atoms with Crippen molar-refractivity contribution in [1.29, 1.82) is 0 Å². The molecule has 1 saturated heterocycles. The Morgan fingerprint density at radius 1 is 1.00 bits per heavy atom. The lowest BCUT2D eigenvalue weighted by Crippen LogP contribution is -2.41. The Bertz CT molecular complexity index is 935. The molecule has 1 fully saturated rings. The van der Waals surface area contributed by atoms with Crippen molar-refractivity contribution < 1.29 is 9.53 Å². The van der Waals surface area contributed by atoms with E-state index in [1.807, 2.05) is 80.6 Å². The highest BCUT2D eigenvalue weighted by Gasteiger charge is 2.30. The van der Waals surface area contributed by atoms with Crippen LogP contribution in [-0.2, 0) is 0 Å². The number of hydrogen-bond donors (Lipinski definition) is 1. The first-order valence-corrected chi connectivity index (χ1v) is 10.2. The van der Waals surface area contributed by atoms with E-state index in [9.17, 15) is 4.79 Å². The predicted octanol–water partition coefficient (Wildman–Crippen LogP) is 4.05. The molecule has 2 aromatic carbocycles. The maximum absolute atomic E-state index is 13.0. The monoisotopic (exact) mass is 402 g/mol. The van der Waals surface area contributed by atoms with Gasteiger partial charge in [-0.25, -0.2) is 14.8 Å². The quantitative estimate of drug-likeness (QED) is 0.699. The molecule has 0 aliphatic carbocycles. The fourth-order valence-electron chi connectivity index (χ4n) is 3.77. The molecule has 0 bridgehead atoms. The second-order valence-electron chi connectivity index (χ2n) is 7.61. The second kappa shape index (κ2) is 8.95. The first-order chi connectivity index (χ1) is 14.6. The Kier molecular flexibility index (Phi) is 5.93. The van der Waals surface area contributed by atoms with E-state index in [2.05, 4.69) is 15.3 Å². The Morgan fingerprint density at radius 2 is 1.57 bits per heavy atom. The number of carbonyl (C=O) groups is 1. The van der Waals surface area contributed by atoms with Crippen LogP contribution in [0.2, 0.25) is 0 Å². The van der Waals surface area contributed by atoms with Crippen LogP contribution in [0.5, 0.6) is 6.01 Å². The number of urea groups is 1. The Morgan fingerprint density at radius 3 is 2.13 bits per heavy atom. The van der Waals surface area contributed by atoms with Gasteiger partial charge in [-0.1, -0.05) is 60.7 Å². The summed E-state index contributed by atoms with van der Waals surface area (Å²) in [5.41, 5.74) is 3.85. The second-order valence-corrected chi connectivity index (χ2v) is 7.61. The van der Waals surface area contributed by atoms with Crippen LogP contribution in [0.4, 0.5) is 4.79 Å². The number of benzene rings is 2. The topological polar surface area (TPSA) is 67.3 Å². The summed E-state index contributed by atoms with van der Waals surface area (Å²) in [4.78, 5) is 23.5. The molecule has 1 N–H and O–H groups in total. The Balaban J connectivity index is 1.43. The average Bonchev–Trinajstić information content (AvgIpc) is 3.21. The number of aryl methyl sites for hydroxylation is 2. The van der Waals surface area contributed by atoms with Gasteiger partial charge in [0.05, 0.1) is 12.6 Å². The van der Waals surface area contributed by atoms with Crippen molar-refractivity contribution >= 4 is 6.03 Å². The van der Waals surface area contributed by atoms with Crippen LogP contribution >= 0.6 is 0 Å². The standard InChI is InChI=1S/C24H26N4O2/c1-17-15-18(2)26-23(25-17)30-21-13-14-28(16-21)24(29)27-22(19-9-5-3-6-10-19)20-11-7-4-8-12-20/h3-12,15,21-22H,13-14,16H2,1-2H3,(H,27,29)/t21-/m1/s1. The largest absolute Gasteiger partial charge is 0.458 e. The predicted molar refractivity (Wildman–Crippen MR) is 115 cm³/mol. The van der Waals surface area contributed by atoms with Crippen molar-refractivity contribution in [2.45, 2.75) is 32.4 Å². The van der Waals surface area contributed by atoms with Crippen molar-refractivity contribution in [3.05, 3.63) is 89.2 Å². The zero-order valence-corrected chi connectivity index (χ0v) is 17.3. The van der Waals surface area contributed by atoms with Gasteiger partial charge in [-0.05, 0) is 31.0 Å². The van der Waals surface area contributed by atoms with E-state index >= 15 is 0 Å². The normalized spacial score (nSPS) is 16.0. The minimum Gasteiger partial charge on any atom is -0.458 e. The molecule has 30 heavy (non-hydrogen) atoms. The van der Waals surface area contributed by atoms with Crippen LogP contribution in [0.25, 0.3) is 0 Å². The van der Waals surface area contributed by atoms with Crippen LogP contribution in [0.15, 0.2) is 66.7 Å². The third-order valence-corrected chi connectivity index (χ3v) is 5.20. The molecule has 3 aromatic rings. The minimum atomic E-state index is -0.206. The molecular weight excluding hydrogens is 376 g/mol. The van der Waals surface area contributed by atoms with Crippen LogP contribution < -0.4 is 10.1 Å². The zero-order chi connectivity index (χ0) is 20.9. The maximum Gasteiger partial charge on any atom is 0.318 e. The van der Waals surface area contributed by atoms with E-state index in [-0.39, 0.29) is 18.2 Å². The van der Waals surface area contributed by atoms with E-state index in [0.29, 0.717) is 19.1 Å². The van der Waals surface area contributed by atoms with Gasteiger partial charge in [0, 0.05) is 24.4 Å². The molecule has 1 aromatic heterocycles. The summed E-state index contributed by atoms with van der Waals surface area (Å²) < 4.78 is 5.95. The third kappa shape index (κ3) is 4.76. The van der Waals surface area contributed by atoms with Crippen LogP contribution in [0.1, 0.15) is 35.0 Å². The number of nitrogens with one attached hydrogen (secondary N) is 1. The van der Waals surface area contributed by atoms with Gasteiger partial charge in [0.1, 0.15) is 6.10 Å². The highest BCUT2D eigenvalue weighted by Crippen LogP contribution is 2.23. The van der Waals surface area contributed by atoms with Gasteiger partial charge in [0.2, 0.25) is 0 Å². The maximum atomic E-state index is 13.0. The fraction of sp³-hybridized carbons (Fsp3) is 0.292.